The molecule has 3 atom stereocenters. The van der Waals surface area contributed by atoms with Crippen molar-refractivity contribution in [3.63, 3.8) is 0 Å². The van der Waals surface area contributed by atoms with Crippen LogP contribution in [0.4, 0.5) is 5.13 Å². The zero-order valence-corrected chi connectivity index (χ0v) is 14.8. The first kappa shape index (κ1) is 16.7. The topological polar surface area (TPSA) is 37.4 Å². The summed E-state index contributed by atoms with van der Waals surface area (Å²) in [5.74, 6) is 0.525. The van der Waals surface area contributed by atoms with Gasteiger partial charge in [0.15, 0.2) is 5.13 Å². The minimum atomic E-state index is 0.286. The van der Waals surface area contributed by atoms with Gasteiger partial charge in [-0.25, -0.2) is 4.98 Å². The van der Waals surface area contributed by atoms with Crippen molar-refractivity contribution in [2.45, 2.75) is 65.6 Å². The number of morpholine rings is 1. The molecule has 120 valence electrons. The fourth-order valence-electron chi connectivity index (χ4n) is 2.59. The van der Waals surface area contributed by atoms with Crippen molar-refractivity contribution in [2.24, 2.45) is 0 Å². The minimum Gasteiger partial charge on any atom is -0.375 e. The van der Waals surface area contributed by atoms with Crippen LogP contribution in [0.3, 0.4) is 0 Å². The predicted molar refractivity (Wildman–Crippen MR) is 90.4 cm³/mol. The summed E-state index contributed by atoms with van der Waals surface area (Å²) in [5.41, 5.74) is 1.28. The van der Waals surface area contributed by atoms with E-state index in [0.29, 0.717) is 12.0 Å². The van der Waals surface area contributed by atoms with E-state index in [2.05, 4.69) is 44.8 Å². The van der Waals surface area contributed by atoms with Crippen molar-refractivity contribution in [1.82, 2.24) is 10.3 Å². The van der Waals surface area contributed by atoms with Crippen molar-refractivity contribution in [3.8, 4) is 0 Å². The van der Waals surface area contributed by atoms with Gasteiger partial charge in [0, 0.05) is 18.0 Å². The lowest BCUT2D eigenvalue weighted by Gasteiger charge is -2.36. The molecule has 3 unspecified atom stereocenters. The van der Waals surface area contributed by atoms with Crippen molar-refractivity contribution in [1.29, 1.82) is 0 Å². The Morgan fingerprint density at radius 2 is 2.19 bits per heavy atom. The van der Waals surface area contributed by atoms with Gasteiger partial charge in [0.1, 0.15) is 0 Å². The highest BCUT2D eigenvalue weighted by Gasteiger charge is 2.27. The lowest BCUT2D eigenvalue weighted by molar-refractivity contribution is 0.0343. The Bertz CT molecular complexity index is 449. The van der Waals surface area contributed by atoms with Gasteiger partial charge in [0.25, 0.3) is 0 Å². The van der Waals surface area contributed by atoms with E-state index >= 15 is 0 Å². The number of aromatic nitrogens is 1. The van der Waals surface area contributed by atoms with Crippen molar-refractivity contribution < 1.29 is 4.74 Å². The second-order valence-corrected chi connectivity index (χ2v) is 7.10. The molecule has 1 saturated heterocycles. The van der Waals surface area contributed by atoms with Gasteiger partial charge in [-0.15, -0.1) is 11.3 Å². The number of anilines is 1. The van der Waals surface area contributed by atoms with E-state index < -0.39 is 0 Å². The SMILES string of the molecule is CCNCc1sc(N2CC(C)OCC2C)nc1C(C)CC. The third-order valence-corrected chi connectivity index (χ3v) is 5.29. The lowest BCUT2D eigenvalue weighted by Crippen LogP contribution is -2.47. The molecule has 2 rings (SSSR count). The molecule has 0 aliphatic carbocycles. The second kappa shape index (κ2) is 7.56. The molecule has 0 aromatic carbocycles. The highest BCUT2D eigenvalue weighted by atomic mass is 32.1. The Labute approximate surface area is 132 Å². The number of nitrogens with one attached hydrogen (secondary N) is 1. The summed E-state index contributed by atoms with van der Waals surface area (Å²) in [6.07, 6.45) is 1.42. The van der Waals surface area contributed by atoms with Crippen LogP contribution in [0.2, 0.25) is 0 Å². The quantitative estimate of drug-likeness (QED) is 0.874. The molecular formula is C16H29N3OS. The minimum absolute atomic E-state index is 0.286. The Hall–Kier alpha value is -0.650. The molecule has 0 radical (unpaired) electrons. The fraction of sp³-hybridized carbons (Fsp3) is 0.812. The fourth-order valence-corrected chi connectivity index (χ4v) is 3.85. The first-order valence-electron chi connectivity index (χ1n) is 8.15. The summed E-state index contributed by atoms with van der Waals surface area (Å²) in [5, 5.41) is 4.61. The van der Waals surface area contributed by atoms with E-state index in [9.17, 15) is 0 Å². The standard InChI is InChI=1S/C16H29N3OS/c1-6-11(3)15-14(8-17-7-2)21-16(18-15)19-9-13(5)20-10-12(19)4/h11-13,17H,6-10H2,1-5H3. The number of hydrogen-bond acceptors (Lipinski definition) is 5. The molecule has 1 aliphatic heterocycles. The van der Waals surface area contributed by atoms with E-state index in [4.69, 9.17) is 9.72 Å². The largest absolute Gasteiger partial charge is 0.375 e. The first-order chi connectivity index (χ1) is 10.1. The molecule has 1 aromatic rings. The average Bonchev–Trinajstić information content (AvgIpc) is 2.90. The van der Waals surface area contributed by atoms with Crippen LogP contribution in [0.25, 0.3) is 0 Å². The van der Waals surface area contributed by atoms with Crippen LogP contribution in [0.5, 0.6) is 0 Å². The third kappa shape index (κ3) is 3.96. The number of nitrogens with zero attached hydrogens (tertiary/aromatic N) is 2. The van der Waals surface area contributed by atoms with Gasteiger partial charge < -0.3 is 15.0 Å². The summed E-state index contributed by atoms with van der Waals surface area (Å²) in [6.45, 7) is 14.7. The van der Waals surface area contributed by atoms with Gasteiger partial charge in [-0.1, -0.05) is 20.8 Å². The normalized spacial score (nSPS) is 24.3. The van der Waals surface area contributed by atoms with Gasteiger partial charge in [-0.3, -0.25) is 0 Å². The molecule has 2 heterocycles. The molecule has 0 saturated carbocycles. The molecule has 0 bridgehead atoms. The molecule has 0 amide bonds. The van der Waals surface area contributed by atoms with Gasteiger partial charge in [-0.05, 0) is 32.7 Å². The molecular weight excluding hydrogens is 282 g/mol. The van der Waals surface area contributed by atoms with Gasteiger partial charge in [0.2, 0.25) is 0 Å². The molecule has 5 heteroatoms. The highest BCUT2D eigenvalue weighted by Crippen LogP contribution is 2.34. The molecule has 21 heavy (non-hydrogen) atoms. The van der Waals surface area contributed by atoms with Crippen LogP contribution < -0.4 is 10.2 Å². The van der Waals surface area contributed by atoms with E-state index in [0.717, 1.165) is 32.7 Å². The molecule has 0 spiro atoms. The Kier molecular flexibility index (Phi) is 6.02. The van der Waals surface area contributed by atoms with Gasteiger partial charge in [0.05, 0.1) is 24.4 Å². The summed E-state index contributed by atoms with van der Waals surface area (Å²) in [6, 6.07) is 0.407. The van der Waals surface area contributed by atoms with E-state index in [-0.39, 0.29) is 6.10 Å². The zero-order chi connectivity index (χ0) is 15.4. The zero-order valence-electron chi connectivity index (χ0n) is 14.0. The third-order valence-electron chi connectivity index (χ3n) is 4.18. The summed E-state index contributed by atoms with van der Waals surface area (Å²) in [4.78, 5) is 8.80. The maximum Gasteiger partial charge on any atom is 0.186 e. The molecule has 1 N–H and O–H groups in total. The molecule has 1 aliphatic rings. The van der Waals surface area contributed by atoms with E-state index in [1.54, 1.807) is 0 Å². The average molecular weight is 311 g/mol. The molecule has 1 fully saturated rings. The highest BCUT2D eigenvalue weighted by molar-refractivity contribution is 7.15. The van der Waals surface area contributed by atoms with E-state index in [1.165, 1.54) is 15.7 Å². The van der Waals surface area contributed by atoms with Crippen LogP contribution >= 0.6 is 11.3 Å². The van der Waals surface area contributed by atoms with Crippen LogP contribution in [-0.4, -0.2) is 36.8 Å². The van der Waals surface area contributed by atoms with Gasteiger partial charge >= 0.3 is 0 Å². The lowest BCUT2D eigenvalue weighted by atomic mass is 10.0. The van der Waals surface area contributed by atoms with Crippen molar-refractivity contribution >= 4 is 16.5 Å². The van der Waals surface area contributed by atoms with Gasteiger partial charge in [-0.2, -0.15) is 0 Å². The second-order valence-electron chi connectivity index (χ2n) is 6.04. The summed E-state index contributed by atoms with van der Waals surface area (Å²) < 4.78 is 5.74. The Balaban J connectivity index is 2.24. The van der Waals surface area contributed by atoms with Crippen LogP contribution in [0, 0.1) is 0 Å². The first-order valence-corrected chi connectivity index (χ1v) is 8.96. The summed E-state index contributed by atoms with van der Waals surface area (Å²) >= 11 is 1.85. The number of ether oxygens (including phenoxy) is 1. The monoisotopic (exact) mass is 311 g/mol. The Morgan fingerprint density at radius 1 is 1.43 bits per heavy atom. The maximum atomic E-state index is 5.74. The van der Waals surface area contributed by atoms with Crippen molar-refractivity contribution in [2.75, 3.05) is 24.6 Å². The number of thiazole rings is 1. The van der Waals surface area contributed by atoms with Crippen LogP contribution in [0.15, 0.2) is 0 Å². The summed E-state index contributed by atoms with van der Waals surface area (Å²) in [7, 11) is 0. The molecule has 4 nitrogen and oxygen atoms in total. The van der Waals surface area contributed by atoms with Crippen molar-refractivity contribution in [3.05, 3.63) is 10.6 Å². The Morgan fingerprint density at radius 3 is 2.86 bits per heavy atom. The van der Waals surface area contributed by atoms with Crippen LogP contribution in [0.1, 0.15) is 57.5 Å². The number of rotatable bonds is 6. The maximum absolute atomic E-state index is 5.74. The van der Waals surface area contributed by atoms with E-state index in [1.807, 2.05) is 11.3 Å². The predicted octanol–water partition coefficient (Wildman–Crippen LogP) is 3.38. The smallest absolute Gasteiger partial charge is 0.186 e. The number of hydrogen-bond donors (Lipinski definition) is 1. The molecule has 1 aromatic heterocycles. The van der Waals surface area contributed by atoms with Crippen LogP contribution in [-0.2, 0) is 11.3 Å².